The third-order valence-electron chi connectivity index (χ3n) is 4.86. The van der Waals surface area contributed by atoms with Gasteiger partial charge in [-0.1, -0.05) is 52.0 Å². The van der Waals surface area contributed by atoms with Gasteiger partial charge in [0, 0.05) is 23.4 Å². The maximum absolute atomic E-state index is 12.8. The number of benzene rings is 1. The Bertz CT molecular complexity index is 949. The van der Waals surface area contributed by atoms with Crippen molar-refractivity contribution in [1.82, 2.24) is 9.97 Å². The molecule has 2 aromatic rings. The zero-order chi connectivity index (χ0) is 23.4. The minimum atomic E-state index is -4.36. The fraction of sp³-hybridized carbons (Fsp3) is 0.435. The first-order valence-corrected chi connectivity index (χ1v) is 10.2. The normalized spacial score (nSPS) is 12.5. The minimum absolute atomic E-state index is 0.173. The van der Waals surface area contributed by atoms with E-state index >= 15 is 0 Å². The molecule has 1 aromatic heterocycles. The average Bonchev–Trinajstić information content (AvgIpc) is 2.67. The van der Waals surface area contributed by atoms with Crippen molar-refractivity contribution in [2.75, 3.05) is 17.2 Å². The summed E-state index contributed by atoms with van der Waals surface area (Å²) in [5.74, 6) is 0.434. The summed E-state index contributed by atoms with van der Waals surface area (Å²) in [6, 6.07) is 5.17. The number of carbonyl (C=O) groups excluding carboxylic acids is 1. The van der Waals surface area contributed by atoms with Crippen LogP contribution in [0.15, 0.2) is 30.3 Å². The summed E-state index contributed by atoms with van der Waals surface area (Å²) in [6.45, 7) is 11.8. The fourth-order valence-electron chi connectivity index (χ4n) is 2.87. The molecule has 5 nitrogen and oxygen atoms in total. The van der Waals surface area contributed by atoms with E-state index in [1.54, 1.807) is 13.8 Å². The Hall–Kier alpha value is -2.90. The van der Waals surface area contributed by atoms with E-state index in [2.05, 4.69) is 20.6 Å². The quantitative estimate of drug-likeness (QED) is 0.576. The van der Waals surface area contributed by atoms with E-state index in [9.17, 15) is 18.0 Å². The van der Waals surface area contributed by atoms with Crippen LogP contribution >= 0.6 is 0 Å². The molecule has 1 heterocycles. The van der Waals surface area contributed by atoms with Crippen LogP contribution in [0.3, 0.4) is 0 Å². The van der Waals surface area contributed by atoms with Crippen molar-refractivity contribution in [2.45, 2.75) is 53.1 Å². The second-order valence-corrected chi connectivity index (χ2v) is 8.20. The Balaban J connectivity index is 2.35. The van der Waals surface area contributed by atoms with Gasteiger partial charge in [0.25, 0.3) is 0 Å². The van der Waals surface area contributed by atoms with Crippen LogP contribution in [0, 0.1) is 12.8 Å². The molecular weight excluding hydrogens is 405 g/mol. The number of halogens is 3. The van der Waals surface area contributed by atoms with Crippen molar-refractivity contribution in [3.8, 4) is 0 Å². The van der Waals surface area contributed by atoms with Gasteiger partial charge in [-0.2, -0.15) is 18.2 Å². The molecule has 0 saturated heterocycles. The van der Waals surface area contributed by atoms with Gasteiger partial charge in [-0.3, -0.25) is 10.1 Å². The molecule has 0 fully saturated rings. The van der Waals surface area contributed by atoms with Crippen LogP contribution in [0.25, 0.3) is 6.08 Å². The number of hydrogen-bond acceptors (Lipinski definition) is 4. The van der Waals surface area contributed by atoms with Gasteiger partial charge in [-0.05, 0) is 31.5 Å². The molecule has 0 bridgehead atoms. The zero-order valence-electron chi connectivity index (χ0n) is 18.7. The Morgan fingerprint density at radius 3 is 2.19 bits per heavy atom. The Morgan fingerprint density at radius 2 is 1.68 bits per heavy atom. The lowest BCUT2D eigenvalue weighted by atomic mass is 9.83. The molecule has 168 valence electrons. The summed E-state index contributed by atoms with van der Waals surface area (Å²) in [7, 11) is 0. The summed E-state index contributed by atoms with van der Waals surface area (Å²) >= 11 is 0. The summed E-state index contributed by atoms with van der Waals surface area (Å²) in [5, 5.41) is 5.89. The second-order valence-electron chi connectivity index (χ2n) is 8.20. The van der Waals surface area contributed by atoms with Crippen LogP contribution in [0.4, 0.5) is 24.9 Å². The summed E-state index contributed by atoms with van der Waals surface area (Å²) in [4.78, 5) is 20.8. The van der Waals surface area contributed by atoms with E-state index in [4.69, 9.17) is 0 Å². The number of rotatable bonds is 7. The number of nitrogens with one attached hydrogen (secondary N) is 2. The van der Waals surface area contributed by atoms with Crippen LogP contribution in [-0.2, 0) is 16.4 Å². The van der Waals surface area contributed by atoms with Crippen molar-refractivity contribution in [3.05, 3.63) is 52.7 Å². The topological polar surface area (TPSA) is 66.9 Å². The lowest BCUT2D eigenvalue weighted by Crippen LogP contribution is -2.20. The van der Waals surface area contributed by atoms with Gasteiger partial charge in [0.05, 0.1) is 11.3 Å². The first kappa shape index (κ1) is 24.4. The molecular formula is C23H29F3N4O. The molecule has 0 radical (unpaired) electrons. The third-order valence-corrected chi connectivity index (χ3v) is 4.86. The third kappa shape index (κ3) is 6.29. The highest BCUT2D eigenvalue weighted by atomic mass is 19.4. The number of nitrogens with zero attached hydrogens (tertiary/aromatic N) is 2. The van der Waals surface area contributed by atoms with Gasteiger partial charge in [0.1, 0.15) is 5.82 Å². The monoisotopic (exact) mass is 434 g/mol. The zero-order valence-corrected chi connectivity index (χ0v) is 18.7. The summed E-state index contributed by atoms with van der Waals surface area (Å²) in [5.41, 5.74) is 0.980. The maximum atomic E-state index is 12.8. The van der Waals surface area contributed by atoms with Crippen molar-refractivity contribution in [2.24, 2.45) is 5.92 Å². The molecule has 0 aliphatic rings. The first-order chi connectivity index (χ1) is 14.3. The number of anilines is 2. The van der Waals surface area contributed by atoms with Gasteiger partial charge in [0.15, 0.2) is 0 Å². The molecule has 0 aliphatic carbocycles. The van der Waals surface area contributed by atoms with Crippen LogP contribution in [0.2, 0.25) is 0 Å². The first-order valence-electron chi connectivity index (χ1n) is 10.2. The average molecular weight is 435 g/mol. The van der Waals surface area contributed by atoms with E-state index < -0.39 is 17.2 Å². The lowest BCUT2D eigenvalue weighted by molar-refractivity contribution is -0.137. The van der Waals surface area contributed by atoms with Crippen LogP contribution in [-0.4, -0.2) is 22.4 Å². The number of carbonyl (C=O) groups is 1. The molecule has 1 amide bonds. The highest BCUT2D eigenvalue weighted by Crippen LogP contribution is 2.33. The predicted molar refractivity (Wildman–Crippen MR) is 118 cm³/mol. The van der Waals surface area contributed by atoms with Crippen LogP contribution < -0.4 is 10.6 Å². The molecule has 0 atom stereocenters. The molecule has 0 saturated carbocycles. The summed E-state index contributed by atoms with van der Waals surface area (Å²) < 4.78 is 38.5. The highest BCUT2D eigenvalue weighted by molar-refractivity contribution is 5.90. The Morgan fingerprint density at radius 1 is 1.10 bits per heavy atom. The molecule has 31 heavy (non-hydrogen) atoms. The van der Waals surface area contributed by atoms with Crippen molar-refractivity contribution in [3.63, 3.8) is 0 Å². The summed E-state index contributed by atoms with van der Waals surface area (Å²) in [6.07, 6.45) is -0.589. The van der Waals surface area contributed by atoms with Gasteiger partial charge >= 0.3 is 6.18 Å². The number of hydrogen-bond donors (Lipinski definition) is 2. The van der Waals surface area contributed by atoms with E-state index in [-0.39, 0.29) is 17.8 Å². The van der Waals surface area contributed by atoms with E-state index in [0.717, 1.165) is 23.3 Å². The van der Waals surface area contributed by atoms with Gasteiger partial charge in [-0.25, -0.2) is 4.98 Å². The second kappa shape index (κ2) is 9.49. The molecule has 0 spiro atoms. The highest BCUT2D eigenvalue weighted by Gasteiger charge is 2.30. The Kier molecular flexibility index (Phi) is 7.46. The van der Waals surface area contributed by atoms with Gasteiger partial charge < -0.3 is 5.32 Å². The SMILES string of the molecule is CCNc1nc(NC(=O)C(C)C)nc(C)c1/C=C/C(C)(C)c1ccc(C(F)(F)F)cc1. The molecule has 2 rings (SSSR count). The number of amides is 1. The largest absolute Gasteiger partial charge is 0.416 e. The predicted octanol–water partition coefficient (Wildman–Crippen LogP) is 5.82. The number of alkyl halides is 3. The van der Waals surface area contributed by atoms with Crippen molar-refractivity contribution >= 4 is 23.7 Å². The van der Waals surface area contributed by atoms with E-state index in [0.29, 0.717) is 18.1 Å². The molecule has 2 N–H and O–H groups in total. The van der Waals surface area contributed by atoms with E-state index in [1.165, 1.54) is 12.1 Å². The maximum Gasteiger partial charge on any atom is 0.416 e. The number of aryl methyl sites for hydroxylation is 1. The van der Waals surface area contributed by atoms with Crippen LogP contribution in [0.1, 0.15) is 57.0 Å². The molecule has 8 heteroatoms. The van der Waals surface area contributed by atoms with Crippen molar-refractivity contribution < 1.29 is 18.0 Å². The molecule has 0 aliphatic heterocycles. The Labute approximate surface area is 181 Å². The van der Waals surface area contributed by atoms with Crippen LogP contribution in [0.5, 0.6) is 0 Å². The number of aromatic nitrogens is 2. The number of allylic oxidation sites excluding steroid dienone is 1. The van der Waals surface area contributed by atoms with Gasteiger partial charge in [0.2, 0.25) is 11.9 Å². The molecule has 0 unspecified atom stereocenters. The standard InChI is InChI=1S/C23H29F3N4O/c1-7-27-19-18(15(4)28-21(29-19)30-20(31)14(2)3)12-13-22(5,6)16-8-10-17(11-9-16)23(24,25)26/h8-14H,7H2,1-6H3,(H2,27,28,29,30,31)/b13-12+. The fourth-order valence-corrected chi connectivity index (χ4v) is 2.87. The minimum Gasteiger partial charge on any atom is -0.370 e. The smallest absolute Gasteiger partial charge is 0.370 e. The lowest BCUT2D eigenvalue weighted by Gasteiger charge is -2.22. The molecule has 1 aromatic carbocycles. The van der Waals surface area contributed by atoms with Gasteiger partial charge in [-0.15, -0.1) is 0 Å². The van der Waals surface area contributed by atoms with Crippen molar-refractivity contribution in [1.29, 1.82) is 0 Å². The van der Waals surface area contributed by atoms with E-state index in [1.807, 2.05) is 39.8 Å².